The second kappa shape index (κ2) is 3.57. The van der Waals surface area contributed by atoms with Crippen molar-refractivity contribution >= 4 is 6.03 Å². The fourth-order valence-corrected chi connectivity index (χ4v) is 1.19. The predicted octanol–water partition coefficient (Wildman–Crippen LogP) is -0.217. The van der Waals surface area contributed by atoms with Crippen molar-refractivity contribution in [2.24, 2.45) is 0 Å². The topological polar surface area (TPSA) is 52.6 Å². The molecule has 2 N–H and O–H groups in total. The van der Waals surface area contributed by atoms with Gasteiger partial charge in [0, 0.05) is 19.6 Å². The van der Waals surface area contributed by atoms with Crippen molar-refractivity contribution < 1.29 is 9.90 Å². The maximum atomic E-state index is 11.1. The van der Waals surface area contributed by atoms with Crippen molar-refractivity contribution in [2.45, 2.75) is 19.4 Å². The fraction of sp³-hybridized carbons (Fsp3) is 0.857. The second-order valence-corrected chi connectivity index (χ2v) is 2.72. The van der Waals surface area contributed by atoms with E-state index in [2.05, 4.69) is 5.32 Å². The standard InChI is InChI=1S/C7H14N2O2/c1-2-8-7(11)9-4-3-6(10)5-9/h6,10H,2-5H2,1H3,(H,8,11)/t6-/m0/s1. The van der Waals surface area contributed by atoms with E-state index in [-0.39, 0.29) is 12.1 Å². The first-order valence-electron chi connectivity index (χ1n) is 3.95. The second-order valence-electron chi connectivity index (χ2n) is 2.72. The number of β-amino-alcohol motifs (C(OH)–C–C–N with tert-alkyl or cyclic N) is 1. The molecule has 4 nitrogen and oxygen atoms in total. The van der Waals surface area contributed by atoms with Crippen LogP contribution in [0.25, 0.3) is 0 Å². The molecule has 2 amide bonds. The van der Waals surface area contributed by atoms with Gasteiger partial charge in [-0.25, -0.2) is 4.79 Å². The first-order valence-corrected chi connectivity index (χ1v) is 3.95. The molecule has 1 aliphatic rings. The molecule has 0 aromatic carbocycles. The summed E-state index contributed by atoms with van der Waals surface area (Å²) in [6.07, 6.45) is 0.384. The average molecular weight is 158 g/mol. The van der Waals surface area contributed by atoms with Gasteiger partial charge in [-0.15, -0.1) is 0 Å². The van der Waals surface area contributed by atoms with Gasteiger partial charge in [0.1, 0.15) is 0 Å². The first kappa shape index (κ1) is 8.33. The van der Waals surface area contributed by atoms with Gasteiger partial charge >= 0.3 is 6.03 Å². The van der Waals surface area contributed by atoms with Gasteiger partial charge in [-0.1, -0.05) is 0 Å². The van der Waals surface area contributed by atoms with Crippen LogP contribution < -0.4 is 5.32 Å². The molecule has 0 aliphatic carbocycles. The molecule has 1 aliphatic heterocycles. The number of hydrogen-bond donors (Lipinski definition) is 2. The Labute approximate surface area is 66.2 Å². The van der Waals surface area contributed by atoms with Crippen molar-refractivity contribution in [3.05, 3.63) is 0 Å². The highest BCUT2D eigenvalue weighted by Crippen LogP contribution is 2.07. The van der Waals surface area contributed by atoms with Crippen LogP contribution in [0.2, 0.25) is 0 Å². The zero-order valence-corrected chi connectivity index (χ0v) is 6.71. The molecule has 0 aromatic heterocycles. The van der Waals surface area contributed by atoms with E-state index < -0.39 is 0 Å². The van der Waals surface area contributed by atoms with Gasteiger partial charge in [0.25, 0.3) is 0 Å². The van der Waals surface area contributed by atoms with Gasteiger partial charge in [0.15, 0.2) is 0 Å². The largest absolute Gasteiger partial charge is 0.391 e. The lowest BCUT2D eigenvalue weighted by atomic mass is 10.3. The lowest BCUT2D eigenvalue weighted by Gasteiger charge is -2.15. The van der Waals surface area contributed by atoms with Gasteiger partial charge < -0.3 is 15.3 Å². The van der Waals surface area contributed by atoms with Crippen molar-refractivity contribution in [1.29, 1.82) is 0 Å². The molecule has 0 aromatic rings. The first-order chi connectivity index (χ1) is 5.24. The number of hydrogen-bond acceptors (Lipinski definition) is 2. The number of likely N-dealkylation sites (tertiary alicyclic amines) is 1. The number of urea groups is 1. The molecular weight excluding hydrogens is 144 g/mol. The van der Waals surface area contributed by atoms with E-state index in [4.69, 9.17) is 5.11 Å². The van der Waals surface area contributed by atoms with Crippen LogP contribution in [0.15, 0.2) is 0 Å². The van der Waals surface area contributed by atoms with E-state index in [0.717, 1.165) is 0 Å². The van der Waals surface area contributed by atoms with Crippen LogP contribution in [0.4, 0.5) is 4.79 Å². The van der Waals surface area contributed by atoms with E-state index in [1.54, 1.807) is 4.90 Å². The molecule has 1 saturated heterocycles. The van der Waals surface area contributed by atoms with E-state index >= 15 is 0 Å². The van der Waals surface area contributed by atoms with E-state index in [1.807, 2.05) is 6.92 Å². The van der Waals surface area contributed by atoms with Crippen molar-refractivity contribution in [1.82, 2.24) is 10.2 Å². The molecule has 64 valence electrons. The summed E-state index contributed by atoms with van der Waals surface area (Å²) in [5, 5.41) is 11.8. The summed E-state index contributed by atoms with van der Waals surface area (Å²) in [4.78, 5) is 12.7. The Morgan fingerprint density at radius 3 is 3.00 bits per heavy atom. The third-order valence-electron chi connectivity index (χ3n) is 1.78. The fourth-order valence-electron chi connectivity index (χ4n) is 1.19. The van der Waals surface area contributed by atoms with Crippen LogP contribution in [-0.2, 0) is 0 Å². The van der Waals surface area contributed by atoms with Crippen LogP contribution in [0.1, 0.15) is 13.3 Å². The molecule has 0 unspecified atom stereocenters. The van der Waals surface area contributed by atoms with Gasteiger partial charge in [-0.3, -0.25) is 0 Å². The van der Waals surface area contributed by atoms with Gasteiger partial charge in [-0.05, 0) is 13.3 Å². The Morgan fingerprint density at radius 2 is 2.55 bits per heavy atom. The zero-order valence-electron chi connectivity index (χ0n) is 6.71. The summed E-state index contributed by atoms with van der Waals surface area (Å²) in [6, 6.07) is -0.0657. The number of amides is 2. The number of carbonyl (C=O) groups is 1. The Kier molecular flexibility index (Phi) is 2.70. The molecule has 4 heteroatoms. The van der Waals surface area contributed by atoms with E-state index in [1.165, 1.54) is 0 Å². The zero-order chi connectivity index (χ0) is 8.27. The smallest absolute Gasteiger partial charge is 0.317 e. The minimum Gasteiger partial charge on any atom is -0.391 e. The quantitative estimate of drug-likeness (QED) is 0.554. The van der Waals surface area contributed by atoms with Crippen molar-refractivity contribution in [3.8, 4) is 0 Å². The maximum Gasteiger partial charge on any atom is 0.317 e. The van der Waals surface area contributed by atoms with Crippen LogP contribution in [0.5, 0.6) is 0 Å². The SMILES string of the molecule is CCNC(=O)N1CC[C@H](O)C1. The molecular formula is C7H14N2O2. The molecule has 0 radical (unpaired) electrons. The van der Waals surface area contributed by atoms with E-state index in [9.17, 15) is 4.79 Å². The van der Waals surface area contributed by atoms with Gasteiger partial charge in [0.2, 0.25) is 0 Å². The highest BCUT2D eigenvalue weighted by atomic mass is 16.3. The summed E-state index contributed by atoms with van der Waals surface area (Å²) < 4.78 is 0. The third kappa shape index (κ3) is 2.08. The summed E-state index contributed by atoms with van der Waals surface area (Å²) >= 11 is 0. The molecule has 0 bridgehead atoms. The number of carbonyl (C=O) groups excluding carboxylic acids is 1. The molecule has 1 fully saturated rings. The number of nitrogens with zero attached hydrogens (tertiary/aromatic N) is 1. The van der Waals surface area contributed by atoms with Crippen LogP contribution in [0, 0.1) is 0 Å². The van der Waals surface area contributed by atoms with Crippen molar-refractivity contribution in [3.63, 3.8) is 0 Å². The molecule has 1 heterocycles. The predicted molar refractivity (Wildman–Crippen MR) is 41.3 cm³/mol. The Balaban J connectivity index is 2.31. The van der Waals surface area contributed by atoms with Gasteiger partial charge in [0.05, 0.1) is 6.10 Å². The number of aliphatic hydroxyl groups is 1. The number of nitrogens with one attached hydrogen (secondary N) is 1. The average Bonchev–Trinajstić information content (AvgIpc) is 2.36. The minimum atomic E-state index is -0.322. The lowest BCUT2D eigenvalue weighted by Crippen LogP contribution is -2.38. The Bertz CT molecular complexity index is 149. The maximum absolute atomic E-state index is 11.1. The summed E-state index contributed by atoms with van der Waals surface area (Å²) in [7, 11) is 0. The summed E-state index contributed by atoms with van der Waals surface area (Å²) in [5.41, 5.74) is 0. The van der Waals surface area contributed by atoms with Crippen LogP contribution in [-0.4, -0.2) is 41.8 Å². The third-order valence-corrected chi connectivity index (χ3v) is 1.78. The Morgan fingerprint density at radius 1 is 1.82 bits per heavy atom. The summed E-state index contributed by atoms with van der Waals surface area (Å²) in [6.45, 7) is 3.68. The Hall–Kier alpha value is -0.770. The monoisotopic (exact) mass is 158 g/mol. The van der Waals surface area contributed by atoms with Crippen molar-refractivity contribution in [2.75, 3.05) is 19.6 Å². The summed E-state index contributed by atoms with van der Waals surface area (Å²) in [5.74, 6) is 0. The van der Waals surface area contributed by atoms with Gasteiger partial charge in [-0.2, -0.15) is 0 Å². The highest BCUT2D eigenvalue weighted by molar-refractivity contribution is 5.74. The lowest BCUT2D eigenvalue weighted by molar-refractivity contribution is 0.172. The van der Waals surface area contributed by atoms with E-state index in [0.29, 0.717) is 26.1 Å². The molecule has 0 saturated carbocycles. The van der Waals surface area contributed by atoms with Crippen LogP contribution >= 0.6 is 0 Å². The molecule has 11 heavy (non-hydrogen) atoms. The number of aliphatic hydroxyl groups excluding tert-OH is 1. The molecule has 1 rings (SSSR count). The highest BCUT2D eigenvalue weighted by Gasteiger charge is 2.23. The molecule has 0 spiro atoms. The van der Waals surface area contributed by atoms with Crippen LogP contribution in [0.3, 0.4) is 0 Å². The number of rotatable bonds is 1. The minimum absolute atomic E-state index is 0.0657. The molecule has 1 atom stereocenters. The normalized spacial score (nSPS) is 23.8.